The van der Waals surface area contributed by atoms with Gasteiger partial charge >= 0.3 is 6.61 Å². The summed E-state index contributed by atoms with van der Waals surface area (Å²) in [6.07, 6.45) is 1.18. The number of carbonyl (C=O) groups excluding carboxylic acids is 1. The highest BCUT2D eigenvalue weighted by atomic mass is 35.5. The van der Waals surface area contributed by atoms with Crippen LogP contribution >= 0.6 is 11.6 Å². The van der Waals surface area contributed by atoms with E-state index in [-0.39, 0.29) is 12.4 Å². The SMILES string of the molecule is Cc1ccc(NC(=O)CO/N=C/c2ccccc2OC(F)F)c(Cl)c1. The number of rotatable bonds is 7. The number of nitrogens with zero attached hydrogens (tertiary/aromatic N) is 1. The van der Waals surface area contributed by atoms with E-state index in [0.29, 0.717) is 16.3 Å². The Morgan fingerprint density at radius 2 is 2.08 bits per heavy atom. The van der Waals surface area contributed by atoms with Crippen molar-refractivity contribution in [3.8, 4) is 5.75 Å². The van der Waals surface area contributed by atoms with E-state index in [1.54, 1.807) is 30.3 Å². The van der Waals surface area contributed by atoms with Crippen LogP contribution in [0, 0.1) is 6.92 Å². The van der Waals surface area contributed by atoms with Crippen molar-refractivity contribution in [2.75, 3.05) is 11.9 Å². The summed E-state index contributed by atoms with van der Waals surface area (Å²) in [5, 5.41) is 6.58. The summed E-state index contributed by atoms with van der Waals surface area (Å²) in [5.74, 6) is -0.499. The molecule has 2 aromatic carbocycles. The van der Waals surface area contributed by atoms with E-state index in [4.69, 9.17) is 16.4 Å². The van der Waals surface area contributed by atoms with Crippen molar-refractivity contribution in [2.45, 2.75) is 13.5 Å². The molecule has 1 N–H and O–H groups in total. The molecule has 0 saturated heterocycles. The van der Waals surface area contributed by atoms with Crippen LogP contribution in [0.5, 0.6) is 5.75 Å². The zero-order valence-electron chi connectivity index (χ0n) is 13.2. The maximum atomic E-state index is 12.3. The number of amides is 1. The largest absolute Gasteiger partial charge is 0.434 e. The number of hydrogen-bond donors (Lipinski definition) is 1. The number of aryl methyl sites for hydroxylation is 1. The molecule has 2 rings (SSSR count). The number of carbonyl (C=O) groups is 1. The molecule has 0 aliphatic rings. The molecule has 0 aromatic heterocycles. The maximum absolute atomic E-state index is 12.3. The lowest BCUT2D eigenvalue weighted by Gasteiger charge is -2.08. The van der Waals surface area contributed by atoms with Crippen LogP contribution in [0.4, 0.5) is 14.5 Å². The molecule has 0 fully saturated rings. The van der Waals surface area contributed by atoms with Crippen molar-refractivity contribution in [3.63, 3.8) is 0 Å². The van der Waals surface area contributed by atoms with E-state index in [2.05, 4.69) is 15.2 Å². The fraction of sp³-hybridized carbons (Fsp3) is 0.176. The Morgan fingerprint density at radius 1 is 1.32 bits per heavy atom. The van der Waals surface area contributed by atoms with Crippen molar-refractivity contribution in [3.05, 3.63) is 58.6 Å². The first-order chi connectivity index (χ1) is 12.0. The molecular weight excluding hydrogens is 354 g/mol. The fourth-order valence-corrected chi connectivity index (χ4v) is 2.17. The molecule has 132 valence electrons. The molecule has 0 atom stereocenters. The van der Waals surface area contributed by atoms with Gasteiger partial charge in [0.25, 0.3) is 5.91 Å². The number of nitrogens with one attached hydrogen (secondary N) is 1. The van der Waals surface area contributed by atoms with Crippen molar-refractivity contribution < 1.29 is 23.1 Å². The molecule has 8 heteroatoms. The minimum Gasteiger partial charge on any atom is -0.434 e. The van der Waals surface area contributed by atoms with E-state index in [0.717, 1.165) is 5.56 Å². The second-order valence-electron chi connectivity index (χ2n) is 4.96. The van der Waals surface area contributed by atoms with Crippen LogP contribution in [0.1, 0.15) is 11.1 Å². The molecule has 2 aromatic rings. The van der Waals surface area contributed by atoms with Crippen LogP contribution in [-0.2, 0) is 9.63 Å². The lowest BCUT2D eigenvalue weighted by Crippen LogP contribution is -2.17. The molecule has 0 bridgehead atoms. The van der Waals surface area contributed by atoms with Gasteiger partial charge < -0.3 is 14.9 Å². The van der Waals surface area contributed by atoms with E-state index in [1.807, 2.05) is 6.92 Å². The van der Waals surface area contributed by atoms with Crippen molar-refractivity contribution in [1.29, 1.82) is 0 Å². The van der Waals surface area contributed by atoms with Crippen LogP contribution in [0.15, 0.2) is 47.6 Å². The average Bonchev–Trinajstić information content (AvgIpc) is 2.55. The third kappa shape index (κ3) is 6.04. The average molecular weight is 369 g/mol. The molecule has 25 heavy (non-hydrogen) atoms. The number of para-hydroxylation sites is 1. The van der Waals surface area contributed by atoms with Gasteiger partial charge in [-0.3, -0.25) is 4.79 Å². The molecular formula is C17H15ClF2N2O3. The lowest BCUT2D eigenvalue weighted by atomic mass is 10.2. The molecule has 0 aliphatic carbocycles. The highest BCUT2D eigenvalue weighted by Crippen LogP contribution is 2.22. The van der Waals surface area contributed by atoms with E-state index in [1.165, 1.54) is 18.3 Å². The van der Waals surface area contributed by atoms with Gasteiger partial charge in [0.1, 0.15) is 5.75 Å². The topological polar surface area (TPSA) is 59.9 Å². The summed E-state index contributed by atoms with van der Waals surface area (Å²) < 4.78 is 28.9. The van der Waals surface area contributed by atoms with Gasteiger partial charge in [-0.05, 0) is 36.8 Å². The lowest BCUT2D eigenvalue weighted by molar-refractivity contribution is -0.120. The number of alkyl halides is 2. The Labute approximate surface area is 148 Å². The van der Waals surface area contributed by atoms with Crippen LogP contribution < -0.4 is 10.1 Å². The standard InChI is InChI=1S/C17H15ClF2N2O3/c1-11-6-7-14(13(18)8-11)22-16(23)10-24-21-9-12-4-2-3-5-15(12)25-17(19)20/h2-9,17H,10H2,1H3,(H,22,23)/b21-9+. The summed E-state index contributed by atoms with van der Waals surface area (Å²) >= 11 is 6.01. The van der Waals surface area contributed by atoms with E-state index >= 15 is 0 Å². The Bertz CT molecular complexity index is 769. The molecule has 0 saturated carbocycles. The molecule has 0 heterocycles. The third-order valence-electron chi connectivity index (χ3n) is 3.00. The van der Waals surface area contributed by atoms with Gasteiger partial charge in [-0.15, -0.1) is 0 Å². The summed E-state index contributed by atoms with van der Waals surface area (Å²) in [5.41, 5.74) is 1.72. The first-order valence-electron chi connectivity index (χ1n) is 7.21. The molecule has 1 amide bonds. The Kier molecular flexibility index (Phi) is 6.71. The van der Waals surface area contributed by atoms with Crippen LogP contribution in [0.3, 0.4) is 0 Å². The monoisotopic (exact) mass is 368 g/mol. The molecule has 0 spiro atoms. The summed E-state index contributed by atoms with van der Waals surface area (Å²) in [4.78, 5) is 16.6. The molecule has 0 unspecified atom stereocenters. The number of anilines is 1. The highest BCUT2D eigenvalue weighted by Gasteiger charge is 2.08. The van der Waals surface area contributed by atoms with Gasteiger partial charge in [0.2, 0.25) is 0 Å². The fourth-order valence-electron chi connectivity index (χ4n) is 1.89. The predicted octanol–water partition coefficient (Wildman–Crippen LogP) is 4.24. The van der Waals surface area contributed by atoms with Crippen LogP contribution in [-0.4, -0.2) is 25.3 Å². The molecule has 0 radical (unpaired) electrons. The minimum absolute atomic E-state index is 0.0410. The minimum atomic E-state index is -2.94. The Hall–Kier alpha value is -2.67. The number of halogens is 3. The predicted molar refractivity (Wildman–Crippen MR) is 91.4 cm³/mol. The van der Waals surface area contributed by atoms with Gasteiger partial charge in [-0.25, -0.2) is 0 Å². The highest BCUT2D eigenvalue weighted by molar-refractivity contribution is 6.33. The van der Waals surface area contributed by atoms with Gasteiger partial charge in [-0.1, -0.05) is 35.0 Å². The summed E-state index contributed by atoms with van der Waals surface area (Å²) in [6, 6.07) is 11.3. The zero-order valence-corrected chi connectivity index (χ0v) is 14.0. The first-order valence-corrected chi connectivity index (χ1v) is 7.58. The van der Waals surface area contributed by atoms with Crippen molar-refractivity contribution in [2.24, 2.45) is 5.16 Å². The number of hydrogen-bond acceptors (Lipinski definition) is 4. The quantitative estimate of drug-likeness (QED) is 0.587. The maximum Gasteiger partial charge on any atom is 0.387 e. The van der Waals surface area contributed by atoms with Crippen LogP contribution in [0.25, 0.3) is 0 Å². The smallest absolute Gasteiger partial charge is 0.387 e. The van der Waals surface area contributed by atoms with E-state index < -0.39 is 12.5 Å². The van der Waals surface area contributed by atoms with Gasteiger partial charge in [-0.2, -0.15) is 8.78 Å². The van der Waals surface area contributed by atoms with Gasteiger partial charge in [0.15, 0.2) is 6.61 Å². The Morgan fingerprint density at radius 3 is 2.80 bits per heavy atom. The molecule has 5 nitrogen and oxygen atoms in total. The number of ether oxygens (including phenoxy) is 1. The normalized spacial score (nSPS) is 10.9. The zero-order chi connectivity index (χ0) is 18.2. The van der Waals surface area contributed by atoms with E-state index in [9.17, 15) is 13.6 Å². The van der Waals surface area contributed by atoms with Gasteiger partial charge in [0.05, 0.1) is 16.9 Å². The van der Waals surface area contributed by atoms with Crippen molar-refractivity contribution in [1.82, 2.24) is 0 Å². The second kappa shape index (κ2) is 8.98. The van der Waals surface area contributed by atoms with Gasteiger partial charge in [0, 0.05) is 5.56 Å². The number of benzene rings is 2. The summed E-state index contributed by atoms with van der Waals surface area (Å²) in [6.45, 7) is -1.43. The number of oxime groups is 1. The second-order valence-corrected chi connectivity index (χ2v) is 5.36. The van der Waals surface area contributed by atoms with Crippen molar-refractivity contribution >= 4 is 29.4 Å². The third-order valence-corrected chi connectivity index (χ3v) is 3.31. The Balaban J connectivity index is 1.88. The summed E-state index contributed by atoms with van der Waals surface area (Å²) in [7, 11) is 0. The molecule has 0 aliphatic heterocycles. The first kappa shape index (κ1) is 18.7. The van der Waals surface area contributed by atoms with Crippen LogP contribution in [0.2, 0.25) is 5.02 Å².